The fourth-order valence-electron chi connectivity index (χ4n) is 9.49. The van der Waals surface area contributed by atoms with Gasteiger partial charge in [-0.05, 0) is 123 Å². The van der Waals surface area contributed by atoms with Gasteiger partial charge >= 0.3 is 5.97 Å². The highest BCUT2D eigenvalue weighted by atomic mass is 16.5. The minimum atomic E-state index is -0.391. The van der Waals surface area contributed by atoms with Crippen LogP contribution in [0.3, 0.4) is 0 Å². The lowest BCUT2D eigenvalue weighted by Gasteiger charge is -2.62. The van der Waals surface area contributed by atoms with E-state index in [2.05, 4.69) is 27.7 Å². The summed E-state index contributed by atoms with van der Waals surface area (Å²) in [7, 11) is 1.50. The topological polar surface area (TPSA) is 46.5 Å². The lowest BCUT2D eigenvalue weighted by Crippen LogP contribution is -2.56. The Hall–Kier alpha value is -0.570. The van der Waals surface area contributed by atoms with Gasteiger partial charge in [0, 0.05) is 6.42 Å². The zero-order chi connectivity index (χ0) is 22.4. The average Bonchev–Trinajstić information content (AvgIpc) is 3.11. The molecule has 3 heteroatoms. The van der Waals surface area contributed by atoms with Gasteiger partial charge < -0.3 is 9.84 Å². The van der Waals surface area contributed by atoms with Crippen molar-refractivity contribution in [3.05, 3.63) is 0 Å². The standard InChI is InChI=1S/C28H48O3/c1-6-28(30)17-16-26(3)20(18-28)10-11-21-23-13-12-22(27(23,4)15-14-24(21)26)19(2)8-7-9-25(29)31-5/h19-24,30H,6-18H2,1-5H3/t19-,20+,21+,22-,23+,24+,26+,27-,28+/m1/s1. The number of aliphatic hydroxyl groups is 1. The molecule has 3 nitrogen and oxygen atoms in total. The monoisotopic (exact) mass is 432 g/mol. The Labute approximate surface area is 191 Å². The molecule has 4 fully saturated rings. The first kappa shape index (κ1) is 23.6. The van der Waals surface area contributed by atoms with E-state index in [1.807, 2.05) is 0 Å². The molecule has 0 aromatic rings. The summed E-state index contributed by atoms with van der Waals surface area (Å²) in [6.07, 6.45) is 15.3. The molecule has 4 saturated carbocycles. The third kappa shape index (κ3) is 4.00. The van der Waals surface area contributed by atoms with Crippen LogP contribution in [0.25, 0.3) is 0 Å². The minimum Gasteiger partial charge on any atom is -0.469 e. The summed E-state index contributed by atoms with van der Waals surface area (Å²) >= 11 is 0. The van der Waals surface area contributed by atoms with Crippen LogP contribution in [0, 0.1) is 46.3 Å². The largest absolute Gasteiger partial charge is 0.469 e. The third-order valence-electron chi connectivity index (χ3n) is 11.5. The first-order valence-electron chi connectivity index (χ1n) is 13.5. The van der Waals surface area contributed by atoms with Crippen molar-refractivity contribution in [3.63, 3.8) is 0 Å². The summed E-state index contributed by atoms with van der Waals surface area (Å²) < 4.78 is 4.84. The number of hydrogen-bond acceptors (Lipinski definition) is 3. The molecule has 0 radical (unpaired) electrons. The Kier molecular flexibility index (Phi) is 6.58. The molecule has 9 atom stereocenters. The molecule has 4 rings (SSSR count). The molecule has 0 amide bonds. The maximum Gasteiger partial charge on any atom is 0.305 e. The Morgan fingerprint density at radius 1 is 1.03 bits per heavy atom. The van der Waals surface area contributed by atoms with Crippen LogP contribution in [-0.2, 0) is 9.53 Å². The molecule has 0 bridgehead atoms. The van der Waals surface area contributed by atoms with Crippen LogP contribution in [0.5, 0.6) is 0 Å². The van der Waals surface area contributed by atoms with Gasteiger partial charge in [-0.25, -0.2) is 0 Å². The van der Waals surface area contributed by atoms with Gasteiger partial charge in [0.2, 0.25) is 0 Å². The molecule has 1 N–H and O–H groups in total. The number of hydrogen-bond donors (Lipinski definition) is 1. The van der Waals surface area contributed by atoms with Gasteiger partial charge in [0.1, 0.15) is 0 Å². The van der Waals surface area contributed by atoms with E-state index in [0.29, 0.717) is 23.2 Å². The predicted molar refractivity (Wildman–Crippen MR) is 125 cm³/mol. The lowest BCUT2D eigenvalue weighted by atomic mass is 9.43. The number of esters is 1. The smallest absolute Gasteiger partial charge is 0.305 e. The molecule has 178 valence electrons. The van der Waals surface area contributed by atoms with Gasteiger partial charge in [0.05, 0.1) is 12.7 Å². The van der Waals surface area contributed by atoms with Gasteiger partial charge in [0.25, 0.3) is 0 Å². The van der Waals surface area contributed by atoms with E-state index < -0.39 is 5.60 Å². The van der Waals surface area contributed by atoms with Crippen molar-refractivity contribution in [1.29, 1.82) is 0 Å². The second kappa shape index (κ2) is 8.65. The molecule has 0 spiro atoms. The highest BCUT2D eigenvalue weighted by Crippen LogP contribution is 2.69. The van der Waals surface area contributed by atoms with Crippen molar-refractivity contribution >= 4 is 5.97 Å². The summed E-state index contributed by atoms with van der Waals surface area (Å²) in [5.41, 5.74) is 0.558. The Morgan fingerprint density at radius 3 is 2.48 bits per heavy atom. The van der Waals surface area contributed by atoms with Crippen LogP contribution in [0.2, 0.25) is 0 Å². The Balaban J connectivity index is 1.44. The van der Waals surface area contributed by atoms with Crippen LogP contribution in [-0.4, -0.2) is 23.8 Å². The number of methoxy groups -OCH3 is 1. The lowest BCUT2D eigenvalue weighted by molar-refractivity contribution is -0.152. The number of carbonyl (C=O) groups excluding carboxylic acids is 1. The summed E-state index contributed by atoms with van der Waals surface area (Å²) in [6.45, 7) is 9.86. The molecule has 0 saturated heterocycles. The summed E-state index contributed by atoms with van der Waals surface area (Å²) in [4.78, 5) is 11.5. The third-order valence-corrected chi connectivity index (χ3v) is 11.5. The zero-order valence-electron chi connectivity index (χ0n) is 20.9. The van der Waals surface area contributed by atoms with Gasteiger partial charge in [0.15, 0.2) is 0 Å². The summed E-state index contributed by atoms with van der Waals surface area (Å²) in [5.74, 6) is 4.86. The molecule has 4 aliphatic carbocycles. The second-order valence-electron chi connectivity index (χ2n) is 12.6. The van der Waals surface area contributed by atoms with Crippen LogP contribution < -0.4 is 0 Å². The predicted octanol–water partition coefficient (Wildman–Crippen LogP) is 6.77. The molecule has 0 unspecified atom stereocenters. The van der Waals surface area contributed by atoms with Crippen molar-refractivity contribution in [3.8, 4) is 0 Å². The number of rotatable bonds is 6. The summed E-state index contributed by atoms with van der Waals surface area (Å²) in [6, 6.07) is 0. The van der Waals surface area contributed by atoms with Crippen molar-refractivity contribution in [2.45, 2.75) is 117 Å². The maximum atomic E-state index is 11.5. The van der Waals surface area contributed by atoms with Crippen molar-refractivity contribution in [2.24, 2.45) is 46.3 Å². The highest BCUT2D eigenvalue weighted by molar-refractivity contribution is 5.68. The maximum absolute atomic E-state index is 11.5. The number of ether oxygens (including phenoxy) is 1. The first-order chi connectivity index (χ1) is 14.7. The number of fused-ring (bicyclic) bond motifs is 5. The van der Waals surface area contributed by atoms with Gasteiger partial charge in [-0.15, -0.1) is 0 Å². The normalized spacial score (nSPS) is 47.7. The fraction of sp³-hybridized carbons (Fsp3) is 0.964. The molecule has 0 aromatic carbocycles. The van der Waals surface area contributed by atoms with E-state index in [0.717, 1.165) is 61.7 Å². The minimum absolute atomic E-state index is 0.0596. The molecular formula is C28H48O3. The van der Waals surface area contributed by atoms with Gasteiger partial charge in [-0.1, -0.05) is 27.7 Å². The number of carbonyl (C=O) groups is 1. The SMILES string of the molecule is CC[C@]1(O)CC[C@@]2(C)[C@@H](CC[C@@H]3[C@@H]2CC[C@]2(C)[C@@H]([C@H](C)CCCC(=O)OC)CC[C@@H]32)C1. The van der Waals surface area contributed by atoms with Crippen LogP contribution in [0.15, 0.2) is 0 Å². The molecule has 4 aliphatic rings. The summed E-state index contributed by atoms with van der Waals surface area (Å²) in [5, 5.41) is 11.0. The molecule has 0 heterocycles. The second-order valence-corrected chi connectivity index (χ2v) is 12.6. The Bertz CT molecular complexity index is 661. The zero-order valence-corrected chi connectivity index (χ0v) is 20.9. The van der Waals surface area contributed by atoms with Crippen molar-refractivity contribution in [2.75, 3.05) is 7.11 Å². The molecular weight excluding hydrogens is 384 g/mol. The van der Waals surface area contributed by atoms with Crippen LogP contribution >= 0.6 is 0 Å². The Morgan fingerprint density at radius 2 is 1.77 bits per heavy atom. The van der Waals surface area contributed by atoms with E-state index in [1.54, 1.807) is 0 Å². The van der Waals surface area contributed by atoms with Crippen molar-refractivity contribution in [1.82, 2.24) is 0 Å². The quantitative estimate of drug-likeness (QED) is 0.471. The van der Waals surface area contributed by atoms with E-state index in [4.69, 9.17) is 4.74 Å². The van der Waals surface area contributed by atoms with Crippen LogP contribution in [0.1, 0.15) is 111 Å². The molecule has 0 aliphatic heterocycles. The van der Waals surface area contributed by atoms with E-state index >= 15 is 0 Å². The van der Waals surface area contributed by atoms with Crippen molar-refractivity contribution < 1.29 is 14.6 Å². The average molecular weight is 433 g/mol. The van der Waals surface area contributed by atoms with Crippen LogP contribution in [0.4, 0.5) is 0 Å². The van der Waals surface area contributed by atoms with Gasteiger partial charge in [-0.3, -0.25) is 4.79 Å². The van der Waals surface area contributed by atoms with Gasteiger partial charge in [-0.2, -0.15) is 0 Å². The van der Waals surface area contributed by atoms with E-state index in [1.165, 1.54) is 52.1 Å². The van der Waals surface area contributed by atoms with E-state index in [-0.39, 0.29) is 5.97 Å². The first-order valence-corrected chi connectivity index (χ1v) is 13.5. The molecule has 31 heavy (non-hydrogen) atoms. The molecule has 0 aromatic heterocycles. The highest BCUT2D eigenvalue weighted by Gasteiger charge is 2.61. The van der Waals surface area contributed by atoms with E-state index in [9.17, 15) is 9.90 Å². The fourth-order valence-corrected chi connectivity index (χ4v) is 9.49.